The van der Waals surface area contributed by atoms with Gasteiger partial charge in [0, 0.05) is 17.5 Å². The Kier molecular flexibility index (Phi) is 11.5. The summed E-state index contributed by atoms with van der Waals surface area (Å²) in [4.78, 5) is 38.7. The fourth-order valence-corrected chi connectivity index (χ4v) is 4.38. The number of nitrogens with two attached hydrogens (primary N) is 1. The molecule has 212 valence electrons. The van der Waals surface area contributed by atoms with Crippen molar-refractivity contribution in [2.75, 3.05) is 6.61 Å². The molecule has 0 unspecified atom stereocenters. The Balaban J connectivity index is 1.79. The molecular weight excluding hydrogens is 530 g/mol. The van der Waals surface area contributed by atoms with E-state index < -0.39 is 29.9 Å². The van der Waals surface area contributed by atoms with Gasteiger partial charge in [-0.2, -0.15) is 0 Å². The summed E-state index contributed by atoms with van der Waals surface area (Å²) in [6, 6.07) is 21.1. The lowest BCUT2D eigenvalue weighted by atomic mass is 9.98. The van der Waals surface area contributed by atoms with E-state index in [1.807, 2.05) is 67.6 Å². The molecule has 0 saturated heterocycles. The van der Waals surface area contributed by atoms with Gasteiger partial charge in [-0.1, -0.05) is 92.5 Å². The Bertz CT molecular complexity index is 1270. The number of carbonyl (C=O) groups excluding carboxylic acids is 2. The number of hydrogen-bond donors (Lipinski definition) is 4. The molecule has 2 amide bonds. The lowest BCUT2D eigenvalue weighted by Gasteiger charge is -2.25. The van der Waals surface area contributed by atoms with Gasteiger partial charge in [-0.25, -0.2) is 4.79 Å². The number of rotatable bonds is 14. The van der Waals surface area contributed by atoms with Gasteiger partial charge in [0.15, 0.2) is 0 Å². The molecule has 4 atom stereocenters. The van der Waals surface area contributed by atoms with Crippen molar-refractivity contribution >= 4 is 29.4 Å². The number of amides is 2. The van der Waals surface area contributed by atoms with Crippen LogP contribution in [0.15, 0.2) is 78.9 Å². The third kappa shape index (κ3) is 9.10. The van der Waals surface area contributed by atoms with Gasteiger partial charge in [0.1, 0.15) is 24.4 Å². The van der Waals surface area contributed by atoms with E-state index >= 15 is 0 Å². The maximum Gasteiger partial charge on any atom is 0.326 e. The van der Waals surface area contributed by atoms with Crippen LogP contribution in [-0.2, 0) is 22.4 Å². The molecule has 5 N–H and O–H groups in total. The van der Waals surface area contributed by atoms with Crippen LogP contribution in [0, 0.1) is 5.92 Å². The predicted octanol–water partition coefficient (Wildman–Crippen LogP) is 4.25. The molecule has 0 heterocycles. The second kappa shape index (κ2) is 15.1. The van der Waals surface area contributed by atoms with E-state index in [2.05, 4.69) is 10.6 Å². The van der Waals surface area contributed by atoms with E-state index in [-0.39, 0.29) is 36.3 Å². The molecule has 9 heteroatoms. The van der Waals surface area contributed by atoms with Gasteiger partial charge in [0.2, 0.25) is 5.91 Å². The number of halogens is 1. The van der Waals surface area contributed by atoms with Crippen molar-refractivity contribution in [3.05, 3.63) is 101 Å². The minimum atomic E-state index is -1.13. The molecule has 3 rings (SSSR count). The van der Waals surface area contributed by atoms with Gasteiger partial charge in [0.05, 0.1) is 5.56 Å². The fourth-order valence-electron chi connectivity index (χ4n) is 4.21. The molecule has 0 aliphatic carbocycles. The van der Waals surface area contributed by atoms with Crippen LogP contribution in [0.25, 0.3) is 0 Å². The molecule has 0 aromatic heterocycles. The summed E-state index contributed by atoms with van der Waals surface area (Å²) >= 11 is 6.21. The molecule has 8 nitrogen and oxygen atoms in total. The zero-order valence-electron chi connectivity index (χ0n) is 22.7. The molecule has 0 bridgehead atoms. The first kappa shape index (κ1) is 30.7. The number of aliphatic carboxylic acids is 1. The van der Waals surface area contributed by atoms with Crippen LogP contribution >= 0.6 is 11.6 Å². The normalized spacial score (nSPS) is 13.9. The van der Waals surface area contributed by atoms with Gasteiger partial charge in [-0.15, -0.1) is 0 Å². The van der Waals surface area contributed by atoms with E-state index in [0.717, 1.165) is 11.1 Å². The van der Waals surface area contributed by atoms with Crippen molar-refractivity contribution in [2.45, 2.75) is 51.2 Å². The summed E-state index contributed by atoms with van der Waals surface area (Å²) in [6.07, 6.45) is 1.31. The maximum atomic E-state index is 13.5. The molecule has 0 saturated carbocycles. The number of carboxylic acids is 1. The summed E-state index contributed by atoms with van der Waals surface area (Å²) in [5.74, 6) is -2.35. The minimum absolute atomic E-state index is 0.141. The zero-order valence-corrected chi connectivity index (χ0v) is 23.4. The summed E-state index contributed by atoms with van der Waals surface area (Å²) in [7, 11) is 0. The molecule has 0 fully saturated rings. The first-order valence-corrected chi connectivity index (χ1v) is 13.7. The lowest BCUT2D eigenvalue weighted by molar-refractivity contribution is -0.143. The molecule has 3 aromatic rings. The molecule has 0 aliphatic rings. The molecule has 0 spiro atoms. The first-order chi connectivity index (χ1) is 19.2. The van der Waals surface area contributed by atoms with Crippen molar-refractivity contribution in [2.24, 2.45) is 11.7 Å². The van der Waals surface area contributed by atoms with E-state index in [9.17, 15) is 19.5 Å². The largest absolute Gasteiger partial charge is 0.491 e. The number of hydrogen-bond acceptors (Lipinski definition) is 5. The van der Waals surface area contributed by atoms with Crippen LogP contribution in [0.3, 0.4) is 0 Å². The fraction of sp³-hybridized carbons (Fsp3) is 0.323. The third-order valence-corrected chi connectivity index (χ3v) is 6.90. The number of carboxylic acid groups (broad SMARTS) is 1. The third-order valence-electron chi connectivity index (χ3n) is 6.66. The summed E-state index contributed by atoms with van der Waals surface area (Å²) in [5.41, 5.74) is 8.28. The zero-order chi connectivity index (χ0) is 29.1. The first-order valence-electron chi connectivity index (χ1n) is 13.3. The summed E-state index contributed by atoms with van der Waals surface area (Å²) < 4.78 is 5.93. The van der Waals surface area contributed by atoms with Crippen molar-refractivity contribution in [3.63, 3.8) is 0 Å². The Hall–Kier alpha value is -3.88. The number of nitrogens with one attached hydrogen (secondary N) is 2. The van der Waals surface area contributed by atoms with Crippen LogP contribution in [0.5, 0.6) is 5.75 Å². The SMILES string of the molecule is CC[C@H](C)[C@H](NC(=O)[C@H](Cc1ccccc1)NC(=O)c1cc(Cl)ccc1OC[C@H](N)Cc1ccccc1)C(=O)O. The molecule has 3 aromatic carbocycles. The highest BCUT2D eigenvalue weighted by atomic mass is 35.5. The van der Waals surface area contributed by atoms with E-state index in [1.54, 1.807) is 19.1 Å². The van der Waals surface area contributed by atoms with Crippen LogP contribution in [0.1, 0.15) is 41.8 Å². The van der Waals surface area contributed by atoms with Crippen molar-refractivity contribution in [1.29, 1.82) is 0 Å². The Labute approximate surface area is 239 Å². The van der Waals surface area contributed by atoms with Gasteiger partial charge in [-0.3, -0.25) is 9.59 Å². The average molecular weight is 566 g/mol. The summed E-state index contributed by atoms with van der Waals surface area (Å²) in [6.45, 7) is 3.75. The van der Waals surface area contributed by atoms with Gasteiger partial charge < -0.3 is 26.2 Å². The standard InChI is InChI=1S/C31H36ClN3O5/c1-3-20(2)28(31(38)39)35-30(37)26(17-22-12-8-5-9-13-22)34-29(36)25-18-23(32)14-15-27(25)40-19-24(33)16-21-10-6-4-7-11-21/h4-15,18,20,24,26,28H,3,16-17,19,33H2,1-2H3,(H,34,36)(H,35,37)(H,38,39)/t20-,24+,26-,28-/m0/s1. The molecule has 0 radical (unpaired) electrons. The average Bonchev–Trinajstić information content (AvgIpc) is 2.95. The molecule has 0 aliphatic heterocycles. The number of ether oxygens (including phenoxy) is 1. The predicted molar refractivity (Wildman–Crippen MR) is 155 cm³/mol. The molecule has 40 heavy (non-hydrogen) atoms. The minimum Gasteiger partial charge on any atom is -0.491 e. The Morgan fingerprint density at radius 3 is 2.10 bits per heavy atom. The van der Waals surface area contributed by atoms with Crippen LogP contribution in [0.4, 0.5) is 0 Å². The lowest BCUT2D eigenvalue weighted by Crippen LogP contribution is -2.54. The van der Waals surface area contributed by atoms with E-state index in [1.165, 1.54) is 6.07 Å². The second-order valence-electron chi connectivity index (χ2n) is 9.83. The number of benzene rings is 3. The van der Waals surface area contributed by atoms with Crippen LogP contribution < -0.4 is 21.1 Å². The van der Waals surface area contributed by atoms with Crippen LogP contribution in [0.2, 0.25) is 5.02 Å². The monoisotopic (exact) mass is 565 g/mol. The highest BCUT2D eigenvalue weighted by Gasteiger charge is 2.30. The number of carbonyl (C=O) groups is 3. The topological polar surface area (TPSA) is 131 Å². The second-order valence-corrected chi connectivity index (χ2v) is 10.3. The highest BCUT2D eigenvalue weighted by molar-refractivity contribution is 6.31. The Morgan fingerprint density at radius 1 is 0.925 bits per heavy atom. The van der Waals surface area contributed by atoms with Crippen molar-refractivity contribution < 1.29 is 24.2 Å². The maximum absolute atomic E-state index is 13.5. The quantitative estimate of drug-likeness (QED) is 0.231. The van der Waals surface area contributed by atoms with E-state index in [4.69, 9.17) is 22.1 Å². The van der Waals surface area contributed by atoms with Crippen molar-refractivity contribution in [3.8, 4) is 5.75 Å². The van der Waals surface area contributed by atoms with Crippen LogP contribution in [-0.4, -0.2) is 47.6 Å². The van der Waals surface area contributed by atoms with Gasteiger partial charge in [0.25, 0.3) is 5.91 Å². The highest BCUT2D eigenvalue weighted by Crippen LogP contribution is 2.24. The van der Waals surface area contributed by atoms with Gasteiger partial charge in [-0.05, 0) is 41.7 Å². The molecular formula is C31H36ClN3O5. The van der Waals surface area contributed by atoms with Crippen molar-refractivity contribution in [1.82, 2.24) is 10.6 Å². The van der Waals surface area contributed by atoms with E-state index in [0.29, 0.717) is 17.9 Å². The summed E-state index contributed by atoms with van der Waals surface area (Å²) in [5, 5.41) is 15.4. The Morgan fingerprint density at radius 2 is 1.52 bits per heavy atom. The van der Waals surface area contributed by atoms with Gasteiger partial charge >= 0.3 is 5.97 Å². The smallest absolute Gasteiger partial charge is 0.326 e.